The topological polar surface area (TPSA) is 63.4 Å². The number of fused-ring (bicyclic) bond motifs is 1. The zero-order valence-corrected chi connectivity index (χ0v) is 14.2. The van der Waals surface area contributed by atoms with Gasteiger partial charge in [-0.05, 0) is 24.4 Å². The van der Waals surface area contributed by atoms with Crippen molar-refractivity contribution in [2.24, 2.45) is 11.1 Å². The van der Waals surface area contributed by atoms with Gasteiger partial charge in [-0.1, -0.05) is 25.1 Å². The van der Waals surface area contributed by atoms with E-state index >= 15 is 0 Å². The summed E-state index contributed by atoms with van der Waals surface area (Å²) in [5, 5.41) is 2.89. The molecule has 23 heavy (non-hydrogen) atoms. The number of ketones is 1. The van der Waals surface area contributed by atoms with Crippen LogP contribution < -0.4 is 5.73 Å². The molecule has 1 aliphatic heterocycles. The second kappa shape index (κ2) is 6.42. The van der Waals surface area contributed by atoms with Crippen molar-refractivity contribution in [2.45, 2.75) is 26.2 Å². The minimum absolute atomic E-state index is 0.0310. The molecule has 1 fully saturated rings. The highest BCUT2D eigenvalue weighted by Gasteiger charge is 2.34. The number of nitrogens with two attached hydrogens (primary N) is 1. The predicted molar refractivity (Wildman–Crippen MR) is 93.7 cm³/mol. The Kier molecular flexibility index (Phi) is 4.50. The van der Waals surface area contributed by atoms with Crippen molar-refractivity contribution in [3.63, 3.8) is 0 Å². The fraction of sp³-hybridized carbons (Fsp3) is 0.444. The van der Waals surface area contributed by atoms with Gasteiger partial charge in [0.15, 0.2) is 5.78 Å². The molecule has 0 spiro atoms. The van der Waals surface area contributed by atoms with Gasteiger partial charge in [-0.15, -0.1) is 11.3 Å². The van der Waals surface area contributed by atoms with Crippen LogP contribution >= 0.6 is 11.3 Å². The van der Waals surface area contributed by atoms with Crippen LogP contribution in [-0.4, -0.2) is 36.2 Å². The largest absolute Gasteiger partial charge is 0.342 e. The standard InChI is InChI=1S/C18H22N2O2S/c1-18(11-19)8-9-20(12-18)17(22)7-6-15(21)14-10-23-16-5-3-2-4-13(14)16/h2-5,10H,6-9,11-12,19H2,1H3. The number of Topliss-reactive ketones (excluding diaryl/α,β-unsaturated/α-hetero) is 1. The molecule has 0 radical (unpaired) electrons. The molecule has 1 aromatic heterocycles. The van der Waals surface area contributed by atoms with Crippen LogP contribution in [0.1, 0.15) is 36.5 Å². The van der Waals surface area contributed by atoms with Crippen molar-refractivity contribution < 1.29 is 9.59 Å². The molecule has 1 amide bonds. The normalized spacial score (nSPS) is 21.0. The van der Waals surface area contributed by atoms with E-state index in [4.69, 9.17) is 5.73 Å². The van der Waals surface area contributed by atoms with Crippen molar-refractivity contribution in [1.29, 1.82) is 0 Å². The monoisotopic (exact) mass is 330 g/mol. The zero-order valence-electron chi connectivity index (χ0n) is 13.4. The molecule has 3 rings (SSSR count). The van der Waals surface area contributed by atoms with E-state index in [-0.39, 0.29) is 29.9 Å². The number of carbonyl (C=O) groups excluding carboxylic acids is 2. The van der Waals surface area contributed by atoms with Crippen LogP contribution in [0.15, 0.2) is 29.6 Å². The number of thiophene rings is 1. The highest BCUT2D eigenvalue weighted by atomic mass is 32.1. The number of hydrogen-bond donors (Lipinski definition) is 1. The molecule has 2 heterocycles. The summed E-state index contributed by atoms with van der Waals surface area (Å²) in [7, 11) is 0. The van der Waals surface area contributed by atoms with Crippen LogP contribution in [0.2, 0.25) is 0 Å². The maximum absolute atomic E-state index is 12.4. The lowest BCUT2D eigenvalue weighted by molar-refractivity contribution is -0.130. The summed E-state index contributed by atoms with van der Waals surface area (Å²) < 4.78 is 1.11. The van der Waals surface area contributed by atoms with Crippen molar-refractivity contribution in [3.8, 4) is 0 Å². The third-order valence-electron chi connectivity index (χ3n) is 4.75. The Bertz CT molecular complexity index is 739. The van der Waals surface area contributed by atoms with Crippen LogP contribution in [-0.2, 0) is 4.79 Å². The Labute approximate surface area is 140 Å². The van der Waals surface area contributed by atoms with Crippen LogP contribution in [0.5, 0.6) is 0 Å². The van der Waals surface area contributed by atoms with Gasteiger partial charge < -0.3 is 10.6 Å². The highest BCUT2D eigenvalue weighted by molar-refractivity contribution is 7.17. The van der Waals surface area contributed by atoms with Gasteiger partial charge in [0.05, 0.1) is 0 Å². The lowest BCUT2D eigenvalue weighted by Crippen LogP contribution is -2.34. The van der Waals surface area contributed by atoms with Gasteiger partial charge in [0, 0.05) is 47.0 Å². The number of nitrogens with zero attached hydrogens (tertiary/aromatic N) is 1. The van der Waals surface area contributed by atoms with E-state index in [1.54, 1.807) is 11.3 Å². The molecule has 2 aromatic rings. The average Bonchev–Trinajstić information content (AvgIpc) is 3.17. The molecule has 0 bridgehead atoms. The Morgan fingerprint density at radius 2 is 2.09 bits per heavy atom. The Morgan fingerprint density at radius 1 is 1.30 bits per heavy atom. The van der Waals surface area contributed by atoms with Gasteiger partial charge in [0.1, 0.15) is 0 Å². The third-order valence-corrected chi connectivity index (χ3v) is 5.71. The molecule has 0 aliphatic carbocycles. The molecule has 0 saturated carbocycles. The second-order valence-electron chi connectivity index (χ2n) is 6.65. The van der Waals surface area contributed by atoms with E-state index in [0.29, 0.717) is 13.1 Å². The summed E-state index contributed by atoms with van der Waals surface area (Å²) in [6.45, 7) is 4.17. The van der Waals surface area contributed by atoms with Crippen LogP contribution in [0.3, 0.4) is 0 Å². The molecular weight excluding hydrogens is 308 g/mol. The average molecular weight is 330 g/mol. The molecule has 1 aliphatic rings. The number of benzene rings is 1. The van der Waals surface area contributed by atoms with Crippen molar-refractivity contribution >= 4 is 33.1 Å². The maximum Gasteiger partial charge on any atom is 0.223 e. The maximum atomic E-state index is 12.4. The smallest absolute Gasteiger partial charge is 0.223 e. The number of likely N-dealkylation sites (tertiary alicyclic amines) is 1. The lowest BCUT2D eigenvalue weighted by Gasteiger charge is -2.22. The SMILES string of the molecule is CC1(CN)CCN(C(=O)CCC(=O)c2csc3ccccc23)C1. The summed E-state index contributed by atoms with van der Waals surface area (Å²) >= 11 is 1.57. The van der Waals surface area contributed by atoms with E-state index in [1.165, 1.54) is 0 Å². The second-order valence-corrected chi connectivity index (χ2v) is 7.56. The first-order valence-corrected chi connectivity index (χ1v) is 8.88. The van der Waals surface area contributed by atoms with Crippen LogP contribution in [0.4, 0.5) is 0 Å². The Balaban J connectivity index is 1.60. The van der Waals surface area contributed by atoms with Gasteiger partial charge >= 0.3 is 0 Å². The summed E-state index contributed by atoms with van der Waals surface area (Å²) in [6, 6.07) is 7.89. The summed E-state index contributed by atoms with van der Waals surface area (Å²) in [5.41, 5.74) is 6.55. The molecule has 5 heteroatoms. The fourth-order valence-electron chi connectivity index (χ4n) is 3.11. The summed E-state index contributed by atoms with van der Waals surface area (Å²) in [5.74, 6) is 0.117. The quantitative estimate of drug-likeness (QED) is 0.857. The summed E-state index contributed by atoms with van der Waals surface area (Å²) in [6.07, 6.45) is 1.50. The third kappa shape index (κ3) is 3.31. The van der Waals surface area contributed by atoms with Crippen molar-refractivity contribution in [1.82, 2.24) is 4.90 Å². The van der Waals surface area contributed by atoms with E-state index < -0.39 is 0 Å². The Hall–Kier alpha value is -1.72. The number of hydrogen-bond acceptors (Lipinski definition) is 4. The first-order chi connectivity index (χ1) is 11.0. The minimum Gasteiger partial charge on any atom is -0.342 e. The van der Waals surface area contributed by atoms with Gasteiger partial charge in [-0.2, -0.15) is 0 Å². The molecule has 1 aromatic carbocycles. The highest BCUT2D eigenvalue weighted by Crippen LogP contribution is 2.30. The first-order valence-electron chi connectivity index (χ1n) is 8.00. The fourth-order valence-corrected chi connectivity index (χ4v) is 4.08. The molecule has 1 atom stereocenters. The number of amides is 1. The van der Waals surface area contributed by atoms with E-state index in [0.717, 1.165) is 28.6 Å². The lowest BCUT2D eigenvalue weighted by atomic mass is 9.90. The van der Waals surface area contributed by atoms with Gasteiger partial charge in [0.2, 0.25) is 5.91 Å². The van der Waals surface area contributed by atoms with Crippen molar-refractivity contribution in [2.75, 3.05) is 19.6 Å². The summed E-state index contributed by atoms with van der Waals surface area (Å²) in [4.78, 5) is 26.6. The first kappa shape index (κ1) is 16.1. The predicted octanol–water partition coefficient (Wildman–Crippen LogP) is 3.06. The molecule has 122 valence electrons. The molecule has 2 N–H and O–H groups in total. The molecule has 4 nitrogen and oxygen atoms in total. The van der Waals surface area contributed by atoms with Crippen molar-refractivity contribution in [3.05, 3.63) is 35.2 Å². The van der Waals surface area contributed by atoms with E-state index in [2.05, 4.69) is 6.92 Å². The van der Waals surface area contributed by atoms with Crippen LogP contribution in [0, 0.1) is 5.41 Å². The van der Waals surface area contributed by atoms with Gasteiger partial charge in [-0.25, -0.2) is 0 Å². The van der Waals surface area contributed by atoms with Crippen LogP contribution in [0.25, 0.3) is 10.1 Å². The Morgan fingerprint density at radius 3 is 2.83 bits per heavy atom. The van der Waals surface area contributed by atoms with Gasteiger partial charge in [-0.3, -0.25) is 9.59 Å². The molecule has 1 unspecified atom stereocenters. The van der Waals surface area contributed by atoms with Gasteiger partial charge in [0.25, 0.3) is 0 Å². The van der Waals surface area contributed by atoms with E-state index in [9.17, 15) is 9.59 Å². The van der Waals surface area contributed by atoms with E-state index in [1.807, 2.05) is 34.5 Å². The molecular formula is C18H22N2O2S. The zero-order chi connectivity index (χ0) is 16.4. The minimum atomic E-state index is 0.0310. The number of carbonyl (C=O) groups is 2. The molecule has 1 saturated heterocycles. The number of rotatable bonds is 5.